The van der Waals surface area contributed by atoms with Gasteiger partial charge >= 0.3 is 0 Å². The van der Waals surface area contributed by atoms with E-state index in [1.54, 1.807) is 7.11 Å². The number of nitrogen functional groups attached to an aromatic ring is 1. The zero-order valence-corrected chi connectivity index (χ0v) is 12.5. The van der Waals surface area contributed by atoms with Crippen LogP contribution in [0.3, 0.4) is 0 Å². The van der Waals surface area contributed by atoms with Gasteiger partial charge < -0.3 is 10.5 Å². The molecule has 19 heavy (non-hydrogen) atoms. The van der Waals surface area contributed by atoms with Crippen molar-refractivity contribution < 1.29 is 4.74 Å². The molecule has 0 aliphatic heterocycles. The SMILES string of the molecule is CCC(CC)N(CCCn1ccc(N)n1)CCOC. The van der Waals surface area contributed by atoms with E-state index in [2.05, 4.69) is 23.8 Å². The topological polar surface area (TPSA) is 56.3 Å². The molecule has 0 spiro atoms. The minimum Gasteiger partial charge on any atom is -0.383 e. The van der Waals surface area contributed by atoms with Gasteiger partial charge in [0.15, 0.2) is 0 Å². The van der Waals surface area contributed by atoms with Gasteiger partial charge in [0.05, 0.1) is 6.61 Å². The van der Waals surface area contributed by atoms with Gasteiger partial charge in [-0.15, -0.1) is 0 Å². The van der Waals surface area contributed by atoms with Crippen LogP contribution in [0.4, 0.5) is 5.82 Å². The maximum atomic E-state index is 5.61. The molecule has 0 atom stereocenters. The molecule has 0 saturated carbocycles. The molecular formula is C14H28N4O. The van der Waals surface area contributed by atoms with E-state index < -0.39 is 0 Å². The fourth-order valence-corrected chi connectivity index (χ4v) is 2.43. The second kappa shape index (κ2) is 8.93. The largest absolute Gasteiger partial charge is 0.383 e. The molecule has 0 aliphatic carbocycles. The van der Waals surface area contributed by atoms with E-state index in [1.807, 2.05) is 16.9 Å². The first kappa shape index (κ1) is 16.0. The fraction of sp³-hybridized carbons (Fsp3) is 0.786. The van der Waals surface area contributed by atoms with Gasteiger partial charge in [0.1, 0.15) is 5.82 Å². The van der Waals surface area contributed by atoms with Crippen LogP contribution in [0.5, 0.6) is 0 Å². The number of hydrogen-bond donors (Lipinski definition) is 1. The number of ether oxygens (including phenoxy) is 1. The summed E-state index contributed by atoms with van der Waals surface area (Å²) in [5.41, 5.74) is 5.61. The monoisotopic (exact) mass is 268 g/mol. The van der Waals surface area contributed by atoms with Crippen molar-refractivity contribution in [2.24, 2.45) is 0 Å². The summed E-state index contributed by atoms with van der Waals surface area (Å²) in [5.74, 6) is 0.594. The van der Waals surface area contributed by atoms with Gasteiger partial charge in [-0.25, -0.2) is 0 Å². The lowest BCUT2D eigenvalue weighted by molar-refractivity contribution is 0.113. The maximum absolute atomic E-state index is 5.61. The molecule has 5 heteroatoms. The van der Waals surface area contributed by atoms with Gasteiger partial charge in [0.2, 0.25) is 0 Å². The number of aryl methyl sites for hydroxylation is 1. The van der Waals surface area contributed by atoms with Gasteiger partial charge in [0, 0.05) is 39.0 Å². The molecule has 0 amide bonds. The Balaban J connectivity index is 2.38. The minimum atomic E-state index is 0.594. The zero-order chi connectivity index (χ0) is 14.1. The minimum absolute atomic E-state index is 0.594. The van der Waals surface area contributed by atoms with Crippen LogP contribution < -0.4 is 5.73 Å². The van der Waals surface area contributed by atoms with Crippen LogP contribution in [-0.4, -0.2) is 47.5 Å². The lowest BCUT2D eigenvalue weighted by Crippen LogP contribution is -2.38. The normalized spacial score (nSPS) is 11.6. The quantitative estimate of drug-likeness (QED) is 0.705. The first-order valence-corrected chi connectivity index (χ1v) is 7.23. The summed E-state index contributed by atoms with van der Waals surface area (Å²) in [5, 5.41) is 4.21. The summed E-state index contributed by atoms with van der Waals surface area (Å²) in [6.45, 7) is 8.30. The Morgan fingerprint density at radius 2 is 2.11 bits per heavy atom. The first-order chi connectivity index (χ1) is 9.21. The van der Waals surface area contributed by atoms with Crippen molar-refractivity contribution in [3.63, 3.8) is 0 Å². The lowest BCUT2D eigenvalue weighted by atomic mass is 10.1. The number of nitrogens with two attached hydrogens (primary N) is 1. The molecule has 1 aromatic heterocycles. The Bertz CT molecular complexity index is 336. The van der Waals surface area contributed by atoms with Crippen LogP contribution in [0.2, 0.25) is 0 Å². The average Bonchev–Trinajstić information content (AvgIpc) is 2.82. The lowest BCUT2D eigenvalue weighted by Gasteiger charge is -2.30. The van der Waals surface area contributed by atoms with Crippen molar-refractivity contribution >= 4 is 5.82 Å². The molecule has 110 valence electrons. The van der Waals surface area contributed by atoms with Crippen LogP contribution in [0.25, 0.3) is 0 Å². The smallest absolute Gasteiger partial charge is 0.145 e. The number of aromatic nitrogens is 2. The highest BCUT2D eigenvalue weighted by Crippen LogP contribution is 2.09. The molecule has 2 N–H and O–H groups in total. The van der Waals surface area contributed by atoms with E-state index in [0.29, 0.717) is 11.9 Å². The third-order valence-corrected chi connectivity index (χ3v) is 3.54. The molecule has 0 aromatic carbocycles. The van der Waals surface area contributed by atoms with Crippen LogP contribution in [-0.2, 0) is 11.3 Å². The molecule has 0 unspecified atom stereocenters. The van der Waals surface area contributed by atoms with Crippen molar-refractivity contribution in [3.8, 4) is 0 Å². The number of methoxy groups -OCH3 is 1. The highest BCUT2D eigenvalue weighted by atomic mass is 16.5. The summed E-state index contributed by atoms with van der Waals surface area (Å²) in [4.78, 5) is 2.52. The van der Waals surface area contributed by atoms with E-state index in [1.165, 1.54) is 12.8 Å². The van der Waals surface area contributed by atoms with Crippen LogP contribution in [0, 0.1) is 0 Å². The van der Waals surface area contributed by atoms with Gasteiger partial charge in [0.25, 0.3) is 0 Å². The molecule has 1 rings (SSSR count). The highest BCUT2D eigenvalue weighted by molar-refractivity contribution is 5.23. The number of anilines is 1. The molecule has 0 radical (unpaired) electrons. The molecule has 0 saturated heterocycles. The Morgan fingerprint density at radius 3 is 2.63 bits per heavy atom. The molecule has 5 nitrogen and oxygen atoms in total. The van der Waals surface area contributed by atoms with Crippen LogP contribution in [0.1, 0.15) is 33.1 Å². The Kier molecular flexibility index (Phi) is 7.52. The van der Waals surface area contributed by atoms with Gasteiger partial charge in [-0.1, -0.05) is 13.8 Å². The zero-order valence-electron chi connectivity index (χ0n) is 12.5. The molecule has 1 aromatic rings. The molecule has 1 heterocycles. The predicted octanol–water partition coefficient (Wildman–Crippen LogP) is 1.99. The predicted molar refractivity (Wildman–Crippen MR) is 79.1 cm³/mol. The fourth-order valence-electron chi connectivity index (χ4n) is 2.43. The number of nitrogens with zero attached hydrogens (tertiary/aromatic N) is 3. The summed E-state index contributed by atoms with van der Waals surface area (Å²) < 4.78 is 7.12. The van der Waals surface area contributed by atoms with E-state index >= 15 is 0 Å². The third kappa shape index (κ3) is 5.61. The second-order valence-electron chi connectivity index (χ2n) is 4.86. The molecule has 0 fully saturated rings. The standard InChI is InChI=1S/C14H28N4O/c1-4-13(5-2)17(11-12-19-3)8-6-9-18-10-7-14(15)16-18/h7,10,13H,4-6,8-9,11-12H2,1-3H3,(H2,15,16). The summed E-state index contributed by atoms with van der Waals surface area (Å²) in [6.07, 6.45) is 5.40. The van der Waals surface area contributed by atoms with E-state index in [0.717, 1.165) is 32.7 Å². The Labute approximate surface area is 116 Å². The number of rotatable bonds is 10. The van der Waals surface area contributed by atoms with Gasteiger partial charge in [-0.05, 0) is 25.3 Å². The molecule has 0 aliphatic rings. The van der Waals surface area contributed by atoms with Gasteiger partial charge in [-0.2, -0.15) is 5.10 Å². The van der Waals surface area contributed by atoms with Crippen molar-refractivity contribution in [1.82, 2.24) is 14.7 Å². The van der Waals surface area contributed by atoms with Gasteiger partial charge in [-0.3, -0.25) is 9.58 Å². The second-order valence-corrected chi connectivity index (χ2v) is 4.86. The van der Waals surface area contributed by atoms with Crippen molar-refractivity contribution in [3.05, 3.63) is 12.3 Å². The third-order valence-electron chi connectivity index (χ3n) is 3.54. The average molecular weight is 268 g/mol. The van der Waals surface area contributed by atoms with Crippen LogP contribution >= 0.6 is 0 Å². The highest BCUT2D eigenvalue weighted by Gasteiger charge is 2.14. The van der Waals surface area contributed by atoms with E-state index in [9.17, 15) is 0 Å². The summed E-state index contributed by atoms with van der Waals surface area (Å²) >= 11 is 0. The van der Waals surface area contributed by atoms with Crippen molar-refractivity contribution in [2.45, 2.75) is 45.7 Å². The first-order valence-electron chi connectivity index (χ1n) is 7.23. The van der Waals surface area contributed by atoms with Crippen molar-refractivity contribution in [1.29, 1.82) is 0 Å². The molecular weight excluding hydrogens is 240 g/mol. The van der Waals surface area contributed by atoms with E-state index in [4.69, 9.17) is 10.5 Å². The van der Waals surface area contributed by atoms with Crippen LogP contribution in [0.15, 0.2) is 12.3 Å². The maximum Gasteiger partial charge on any atom is 0.145 e. The van der Waals surface area contributed by atoms with E-state index in [-0.39, 0.29) is 0 Å². The Morgan fingerprint density at radius 1 is 1.37 bits per heavy atom. The number of hydrogen-bond acceptors (Lipinski definition) is 4. The molecule has 0 bridgehead atoms. The van der Waals surface area contributed by atoms with Crippen molar-refractivity contribution in [2.75, 3.05) is 32.5 Å². The Hall–Kier alpha value is -1.07. The summed E-state index contributed by atoms with van der Waals surface area (Å²) in [6, 6.07) is 2.49. The summed E-state index contributed by atoms with van der Waals surface area (Å²) in [7, 11) is 1.76.